The van der Waals surface area contributed by atoms with Crippen LogP contribution in [0.2, 0.25) is 10.0 Å². The van der Waals surface area contributed by atoms with Gasteiger partial charge >= 0.3 is 0 Å². The van der Waals surface area contributed by atoms with Crippen LogP contribution in [0, 0.1) is 5.92 Å². The second kappa shape index (κ2) is 7.76. The zero-order valence-corrected chi connectivity index (χ0v) is 15.0. The Kier molecular flexibility index (Phi) is 5.44. The third-order valence-corrected chi connectivity index (χ3v) is 4.63. The van der Waals surface area contributed by atoms with Crippen molar-refractivity contribution in [2.75, 3.05) is 6.54 Å². The van der Waals surface area contributed by atoms with Crippen LogP contribution in [-0.2, 0) is 9.59 Å². The molecule has 1 aliphatic rings. The van der Waals surface area contributed by atoms with Gasteiger partial charge in [0.1, 0.15) is 11.7 Å². The van der Waals surface area contributed by atoms with Crippen LogP contribution < -0.4 is 10.7 Å². The van der Waals surface area contributed by atoms with Crippen LogP contribution in [0.4, 0.5) is 0 Å². The Bertz CT molecular complexity index is 871. The molecule has 1 saturated heterocycles. The van der Waals surface area contributed by atoms with Crippen molar-refractivity contribution in [2.45, 2.75) is 5.92 Å². The zero-order valence-electron chi connectivity index (χ0n) is 13.4. The monoisotopic (exact) mass is 391 g/mol. The Labute approximate surface area is 159 Å². The second-order valence-electron chi connectivity index (χ2n) is 5.80. The maximum Gasteiger partial charge on any atom is 0.253 e. The van der Waals surface area contributed by atoms with Gasteiger partial charge in [-0.1, -0.05) is 53.5 Å². The summed E-state index contributed by atoms with van der Waals surface area (Å²) in [5, 5.41) is 16.8. The van der Waals surface area contributed by atoms with Gasteiger partial charge in [-0.3, -0.25) is 9.59 Å². The quantitative estimate of drug-likeness (QED) is 0.425. The van der Waals surface area contributed by atoms with E-state index >= 15 is 0 Å². The van der Waals surface area contributed by atoms with Crippen LogP contribution in [0.3, 0.4) is 0 Å². The smallest absolute Gasteiger partial charge is 0.253 e. The lowest BCUT2D eigenvalue weighted by atomic mass is 9.88. The lowest BCUT2D eigenvalue weighted by Crippen LogP contribution is -2.34. The highest BCUT2D eigenvalue weighted by molar-refractivity contribution is 6.36. The minimum Gasteiger partial charge on any atom is -0.506 e. The molecule has 1 aliphatic heterocycles. The number of aromatic hydroxyl groups is 1. The predicted molar refractivity (Wildman–Crippen MR) is 99.5 cm³/mol. The molecule has 2 unspecified atom stereocenters. The average Bonchev–Trinajstić information content (AvgIpc) is 3.01. The summed E-state index contributed by atoms with van der Waals surface area (Å²) in [5.74, 6) is -2.23. The first-order chi connectivity index (χ1) is 12.5. The molecule has 1 heterocycles. The van der Waals surface area contributed by atoms with Crippen molar-refractivity contribution >= 4 is 41.2 Å². The van der Waals surface area contributed by atoms with E-state index in [-0.39, 0.29) is 28.2 Å². The fourth-order valence-corrected chi connectivity index (χ4v) is 3.36. The molecule has 0 radical (unpaired) electrons. The first kappa shape index (κ1) is 18.2. The highest BCUT2D eigenvalue weighted by Crippen LogP contribution is 2.30. The highest BCUT2D eigenvalue weighted by atomic mass is 35.5. The Balaban J connectivity index is 1.74. The molecular weight excluding hydrogens is 377 g/mol. The van der Waals surface area contributed by atoms with Gasteiger partial charge in [0.05, 0.1) is 11.2 Å². The van der Waals surface area contributed by atoms with Crippen LogP contribution in [0.25, 0.3) is 0 Å². The summed E-state index contributed by atoms with van der Waals surface area (Å²) in [7, 11) is 0. The predicted octanol–water partition coefficient (Wildman–Crippen LogP) is 2.68. The molecule has 0 spiro atoms. The summed E-state index contributed by atoms with van der Waals surface area (Å²) in [4.78, 5) is 24.5. The van der Waals surface area contributed by atoms with Gasteiger partial charge in [-0.05, 0) is 17.7 Å². The van der Waals surface area contributed by atoms with Crippen molar-refractivity contribution in [3.63, 3.8) is 0 Å². The summed E-state index contributed by atoms with van der Waals surface area (Å²) in [6.45, 7) is 0.384. The second-order valence-corrected chi connectivity index (χ2v) is 6.64. The van der Waals surface area contributed by atoms with E-state index < -0.39 is 11.8 Å². The van der Waals surface area contributed by atoms with Crippen LogP contribution >= 0.6 is 23.2 Å². The van der Waals surface area contributed by atoms with E-state index in [1.807, 2.05) is 30.3 Å². The number of benzene rings is 2. The van der Waals surface area contributed by atoms with E-state index in [1.54, 1.807) is 0 Å². The Morgan fingerprint density at radius 2 is 2.00 bits per heavy atom. The number of hydrogen-bond donors (Lipinski definition) is 3. The molecule has 2 amide bonds. The summed E-state index contributed by atoms with van der Waals surface area (Å²) in [6, 6.07) is 12.2. The molecule has 8 heteroatoms. The number of halogens is 2. The van der Waals surface area contributed by atoms with E-state index in [2.05, 4.69) is 15.8 Å². The van der Waals surface area contributed by atoms with Crippen LogP contribution in [0.15, 0.2) is 47.6 Å². The van der Waals surface area contributed by atoms with Gasteiger partial charge in [0, 0.05) is 23.0 Å². The number of carbonyl (C=O) groups excluding carboxylic acids is 2. The molecule has 2 aromatic carbocycles. The number of phenolic OH excluding ortho intramolecular Hbond substituents is 1. The van der Waals surface area contributed by atoms with Gasteiger partial charge in [-0.2, -0.15) is 5.10 Å². The summed E-state index contributed by atoms with van der Waals surface area (Å²) < 4.78 is 0. The van der Waals surface area contributed by atoms with Gasteiger partial charge in [0.25, 0.3) is 5.91 Å². The average molecular weight is 392 g/mol. The van der Waals surface area contributed by atoms with Crippen molar-refractivity contribution in [1.29, 1.82) is 0 Å². The molecule has 3 N–H and O–H groups in total. The van der Waals surface area contributed by atoms with Gasteiger partial charge in [-0.25, -0.2) is 5.43 Å². The molecule has 6 nitrogen and oxygen atoms in total. The number of phenols is 1. The third kappa shape index (κ3) is 3.81. The minimum absolute atomic E-state index is 0.0737. The topological polar surface area (TPSA) is 90.8 Å². The van der Waals surface area contributed by atoms with E-state index in [9.17, 15) is 14.7 Å². The fraction of sp³-hybridized carbons (Fsp3) is 0.167. The maximum absolute atomic E-state index is 12.4. The minimum atomic E-state index is -0.883. The largest absolute Gasteiger partial charge is 0.506 e. The Hall–Kier alpha value is -2.57. The number of amides is 2. The molecule has 2 aromatic rings. The maximum atomic E-state index is 12.4. The number of nitrogens with zero attached hydrogens (tertiary/aromatic N) is 1. The number of nitrogens with one attached hydrogen (secondary N) is 2. The molecule has 1 fully saturated rings. The van der Waals surface area contributed by atoms with Gasteiger partial charge in [0.15, 0.2) is 0 Å². The lowest BCUT2D eigenvalue weighted by molar-refractivity contribution is -0.133. The summed E-state index contributed by atoms with van der Waals surface area (Å²) in [5.41, 5.74) is 3.49. The third-order valence-electron chi connectivity index (χ3n) is 4.13. The molecule has 2 atom stereocenters. The Morgan fingerprint density at radius 1 is 1.27 bits per heavy atom. The lowest BCUT2D eigenvalue weighted by Gasteiger charge is -2.15. The molecular formula is C18H15Cl2N3O3. The highest BCUT2D eigenvalue weighted by Gasteiger charge is 2.40. The summed E-state index contributed by atoms with van der Waals surface area (Å²) >= 11 is 11.7. The fourth-order valence-electron chi connectivity index (χ4n) is 2.85. The Morgan fingerprint density at radius 3 is 2.73 bits per heavy atom. The molecule has 134 valence electrons. The number of hydrogen-bond acceptors (Lipinski definition) is 4. The number of rotatable bonds is 4. The van der Waals surface area contributed by atoms with Crippen molar-refractivity contribution in [3.8, 4) is 5.75 Å². The van der Waals surface area contributed by atoms with Gasteiger partial charge in [-0.15, -0.1) is 0 Å². The molecule has 0 aliphatic carbocycles. The van der Waals surface area contributed by atoms with Crippen molar-refractivity contribution in [2.24, 2.45) is 11.0 Å². The van der Waals surface area contributed by atoms with Crippen LogP contribution in [-0.4, -0.2) is 29.7 Å². The first-order valence-electron chi connectivity index (χ1n) is 7.81. The molecule has 3 rings (SSSR count). The van der Waals surface area contributed by atoms with Crippen LogP contribution in [0.5, 0.6) is 5.75 Å². The SMILES string of the molecule is O=C1NCC(c2ccccc2)C1C(=O)N/N=C\c1cc(Cl)cc(Cl)c1O. The van der Waals surface area contributed by atoms with E-state index in [1.165, 1.54) is 18.3 Å². The normalized spacial score (nSPS) is 19.5. The first-order valence-corrected chi connectivity index (χ1v) is 8.56. The van der Waals surface area contributed by atoms with Gasteiger partial charge in [0.2, 0.25) is 5.91 Å². The standard InChI is InChI=1S/C18H15Cl2N3O3/c19-12-6-11(16(24)14(20)7-12)8-22-23-18(26)15-13(9-21-17(15)25)10-4-2-1-3-5-10/h1-8,13,15,24H,9H2,(H,21,25)(H,23,26)/b22-8-. The molecule has 0 saturated carbocycles. The zero-order chi connectivity index (χ0) is 18.7. The van der Waals surface area contributed by atoms with Gasteiger partial charge < -0.3 is 10.4 Å². The van der Waals surface area contributed by atoms with Crippen molar-refractivity contribution in [3.05, 3.63) is 63.6 Å². The van der Waals surface area contributed by atoms with E-state index in [0.29, 0.717) is 11.6 Å². The van der Waals surface area contributed by atoms with E-state index in [0.717, 1.165) is 5.56 Å². The van der Waals surface area contributed by atoms with Crippen molar-refractivity contribution < 1.29 is 14.7 Å². The van der Waals surface area contributed by atoms with E-state index in [4.69, 9.17) is 23.2 Å². The van der Waals surface area contributed by atoms with Crippen molar-refractivity contribution in [1.82, 2.24) is 10.7 Å². The summed E-state index contributed by atoms with van der Waals surface area (Å²) in [6.07, 6.45) is 1.22. The molecule has 0 aromatic heterocycles. The number of carbonyl (C=O) groups is 2. The van der Waals surface area contributed by atoms with Crippen LogP contribution in [0.1, 0.15) is 17.0 Å². The molecule has 0 bridgehead atoms. The number of hydrazone groups is 1. The molecule has 26 heavy (non-hydrogen) atoms.